The van der Waals surface area contributed by atoms with E-state index in [1.165, 1.54) is 0 Å². The second kappa shape index (κ2) is 8.78. The van der Waals surface area contributed by atoms with E-state index in [1.807, 2.05) is 49.4 Å². The normalized spacial score (nSPS) is 19.2. The number of aromatic amines is 2. The molecule has 3 N–H and O–H groups in total. The van der Waals surface area contributed by atoms with Crippen molar-refractivity contribution in [1.82, 2.24) is 10.2 Å². The molecule has 34 heavy (non-hydrogen) atoms. The fourth-order valence-corrected chi connectivity index (χ4v) is 5.02. The van der Waals surface area contributed by atoms with Gasteiger partial charge in [-0.2, -0.15) is 0 Å². The van der Waals surface area contributed by atoms with Crippen LogP contribution in [0.15, 0.2) is 58.5 Å². The van der Waals surface area contributed by atoms with Crippen LogP contribution in [-0.4, -0.2) is 36.8 Å². The molecular formula is C26H27N3O5. The number of nitrogens with one attached hydrogen (secondary N) is 3. The molecule has 1 aliphatic heterocycles. The van der Waals surface area contributed by atoms with E-state index in [0.29, 0.717) is 47.9 Å². The van der Waals surface area contributed by atoms with Crippen LogP contribution in [0.3, 0.4) is 0 Å². The molecule has 1 aliphatic carbocycles. The van der Waals surface area contributed by atoms with Crippen LogP contribution < -0.4 is 25.1 Å². The molecular weight excluding hydrogens is 434 g/mol. The highest BCUT2D eigenvalue weighted by atomic mass is 16.5. The number of carbonyl (C=O) groups excluding carboxylic acids is 1. The van der Waals surface area contributed by atoms with Crippen LogP contribution >= 0.6 is 0 Å². The SMILES string of the molecule is CCOc1ccc(C2C3=C(CC(c4ccc(OC)c(OC)c4)CC3=O)Nc3[nH][nH]c(=O)c32)cc1. The quantitative estimate of drug-likeness (QED) is 0.511. The number of methoxy groups -OCH3 is 2. The van der Waals surface area contributed by atoms with E-state index >= 15 is 0 Å². The third-order valence-electron chi connectivity index (χ3n) is 6.58. The molecule has 2 aliphatic rings. The number of fused-ring (bicyclic) bond motifs is 1. The highest BCUT2D eigenvalue weighted by Gasteiger charge is 2.40. The Morgan fingerprint density at radius 2 is 1.65 bits per heavy atom. The maximum Gasteiger partial charge on any atom is 0.270 e. The van der Waals surface area contributed by atoms with Gasteiger partial charge in [-0.05, 0) is 54.7 Å². The molecule has 2 aromatic carbocycles. The van der Waals surface area contributed by atoms with Crippen LogP contribution in [-0.2, 0) is 4.79 Å². The van der Waals surface area contributed by atoms with E-state index in [9.17, 15) is 9.59 Å². The van der Waals surface area contributed by atoms with Crippen molar-refractivity contribution in [2.24, 2.45) is 0 Å². The highest BCUT2D eigenvalue weighted by Crippen LogP contribution is 2.47. The number of Topliss-reactive ketones (excluding diaryl/α,β-unsaturated/α-hetero) is 1. The predicted octanol–water partition coefficient (Wildman–Crippen LogP) is 4.08. The van der Waals surface area contributed by atoms with Gasteiger partial charge in [0.25, 0.3) is 5.56 Å². The first-order chi connectivity index (χ1) is 16.5. The zero-order valence-electron chi connectivity index (χ0n) is 19.4. The van der Waals surface area contributed by atoms with Crippen LogP contribution in [0.5, 0.6) is 17.2 Å². The average Bonchev–Trinajstić information content (AvgIpc) is 3.23. The molecule has 8 heteroatoms. The van der Waals surface area contributed by atoms with Gasteiger partial charge in [0.2, 0.25) is 0 Å². The van der Waals surface area contributed by atoms with Crippen LogP contribution in [0, 0.1) is 0 Å². The lowest BCUT2D eigenvalue weighted by atomic mass is 9.73. The molecule has 0 amide bonds. The Kier molecular flexibility index (Phi) is 5.65. The van der Waals surface area contributed by atoms with Crippen LogP contribution in [0.4, 0.5) is 5.82 Å². The summed E-state index contributed by atoms with van der Waals surface area (Å²) in [6, 6.07) is 13.4. The standard InChI is InChI=1S/C26H27N3O5/c1-4-34-17-8-5-14(6-9-17)22-23-18(27-25-24(22)26(31)29-28-25)11-16(12-19(23)30)15-7-10-20(32-2)21(13-15)33-3/h5-10,13,16,22H,4,11-12H2,1-3H3,(H3,27,28,29,31). The van der Waals surface area contributed by atoms with Crippen molar-refractivity contribution in [2.45, 2.75) is 31.6 Å². The van der Waals surface area contributed by atoms with Gasteiger partial charge in [-0.1, -0.05) is 18.2 Å². The predicted molar refractivity (Wildman–Crippen MR) is 128 cm³/mol. The first kappa shape index (κ1) is 21.9. The number of anilines is 1. The number of rotatable bonds is 6. The van der Waals surface area contributed by atoms with Crippen molar-refractivity contribution >= 4 is 11.6 Å². The number of ether oxygens (including phenoxy) is 3. The summed E-state index contributed by atoms with van der Waals surface area (Å²) in [5.41, 5.74) is 3.66. The van der Waals surface area contributed by atoms with Gasteiger partial charge < -0.3 is 19.5 Å². The Hall–Kier alpha value is -3.94. The van der Waals surface area contributed by atoms with Gasteiger partial charge in [0.15, 0.2) is 17.3 Å². The second-order valence-corrected chi connectivity index (χ2v) is 8.46. The number of benzene rings is 2. The maximum atomic E-state index is 13.6. The minimum atomic E-state index is -0.448. The number of ketones is 1. The molecule has 0 bridgehead atoms. The Morgan fingerprint density at radius 3 is 2.35 bits per heavy atom. The van der Waals surface area contributed by atoms with Crippen molar-refractivity contribution < 1.29 is 19.0 Å². The Balaban J connectivity index is 1.55. The van der Waals surface area contributed by atoms with Crippen LogP contribution in [0.1, 0.15) is 48.3 Å². The van der Waals surface area contributed by atoms with Gasteiger partial charge in [0.1, 0.15) is 11.6 Å². The summed E-state index contributed by atoms with van der Waals surface area (Å²) in [7, 11) is 3.20. The van der Waals surface area contributed by atoms with E-state index in [0.717, 1.165) is 22.6 Å². The van der Waals surface area contributed by atoms with Crippen molar-refractivity contribution in [1.29, 1.82) is 0 Å². The van der Waals surface area contributed by atoms with Gasteiger partial charge in [0, 0.05) is 23.6 Å². The highest BCUT2D eigenvalue weighted by molar-refractivity contribution is 6.01. The van der Waals surface area contributed by atoms with Crippen molar-refractivity contribution in [3.63, 3.8) is 0 Å². The van der Waals surface area contributed by atoms with Crippen molar-refractivity contribution in [2.75, 3.05) is 26.1 Å². The Morgan fingerprint density at radius 1 is 0.912 bits per heavy atom. The molecule has 2 atom stereocenters. The van der Waals surface area contributed by atoms with Gasteiger partial charge in [-0.15, -0.1) is 0 Å². The summed E-state index contributed by atoms with van der Waals surface area (Å²) in [5.74, 6) is 2.19. The fraction of sp³-hybridized carbons (Fsp3) is 0.308. The molecule has 8 nitrogen and oxygen atoms in total. The second-order valence-electron chi connectivity index (χ2n) is 8.46. The molecule has 176 valence electrons. The molecule has 1 aromatic heterocycles. The molecule has 0 saturated heterocycles. The minimum Gasteiger partial charge on any atom is -0.494 e. The molecule has 2 unspecified atom stereocenters. The summed E-state index contributed by atoms with van der Waals surface area (Å²) in [6.45, 7) is 2.50. The fourth-order valence-electron chi connectivity index (χ4n) is 5.02. The lowest BCUT2D eigenvalue weighted by Gasteiger charge is -2.34. The molecule has 0 saturated carbocycles. The third kappa shape index (κ3) is 3.65. The monoisotopic (exact) mass is 461 g/mol. The number of H-pyrrole nitrogens is 2. The van der Waals surface area contributed by atoms with E-state index in [4.69, 9.17) is 14.2 Å². The van der Waals surface area contributed by atoms with Gasteiger partial charge >= 0.3 is 0 Å². The average molecular weight is 462 g/mol. The number of allylic oxidation sites excluding steroid dienone is 2. The van der Waals surface area contributed by atoms with Gasteiger partial charge in [-0.3, -0.25) is 19.8 Å². The molecule has 3 aromatic rings. The van der Waals surface area contributed by atoms with Gasteiger partial charge in [-0.25, -0.2) is 0 Å². The minimum absolute atomic E-state index is 0.0215. The zero-order valence-corrected chi connectivity index (χ0v) is 19.4. The molecule has 0 radical (unpaired) electrons. The van der Waals surface area contributed by atoms with Crippen LogP contribution in [0.25, 0.3) is 0 Å². The number of hydrogen-bond acceptors (Lipinski definition) is 6. The summed E-state index contributed by atoms with van der Waals surface area (Å²) in [4.78, 5) is 26.3. The largest absolute Gasteiger partial charge is 0.494 e. The lowest BCUT2D eigenvalue weighted by Crippen LogP contribution is -2.31. The molecule has 0 spiro atoms. The molecule has 2 heterocycles. The number of carbonyl (C=O) groups is 1. The zero-order chi connectivity index (χ0) is 23.8. The van der Waals surface area contributed by atoms with E-state index in [-0.39, 0.29) is 17.3 Å². The number of hydrogen-bond donors (Lipinski definition) is 3. The van der Waals surface area contributed by atoms with Crippen LogP contribution in [0.2, 0.25) is 0 Å². The lowest BCUT2D eigenvalue weighted by molar-refractivity contribution is -0.116. The smallest absolute Gasteiger partial charge is 0.270 e. The Bertz CT molecular complexity index is 1320. The van der Waals surface area contributed by atoms with E-state index in [1.54, 1.807) is 14.2 Å². The van der Waals surface area contributed by atoms with Gasteiger partial charge in [0.05, 0.1) is 26.4 Å². The third-order valence-corrected chi connectivity index (χ3v) is 6.58. The van der Waals surface area contributed by atoms with E-state index in [2.05, 4.69) is 15.5 Å². The number of aromatic nitrogens is 2. The first-order valence-electron chi connectivity index (χ1n) is 11.3. The summed E-state index contributed by atoms with van der Waals surface area (Å²) in [6.07, 6.45) is 0.984. The molecule has 0 fully saturated rings. The first-order valence-corrected chi connectivity index (χ1v) is 11.3. The maximum absolute atomic E-state index is 13.6. The Labute approximate surface area is 196 Å². The van der Waals surface area contributed by atoms with Crippen molar-refractivity contribution in [3.05, 3.63) is 80.8 Å². The van der Waals surface area contributed by atoms with E-state index < -0.39 is 5.92 Å². The summed E-state index contributed by atoms with van der Waals surface area (Å²) >= 11 is 0. The summed E-state index contributed by atoms with van der Waals surface area (Å²) in [5, 5.41) is 8.93. The molecule has 5 rings (SSSR count). The summed E-state index contributed by atoms with van der Waals surface area (Å²) < 4.78 is 16.4. The topological polar surface area (TPSA) is 105 Å². The van der Waals surface area contributed by atoms with Crippen molar-refractivity contribution in [3.8, 4) is 17.2 Å².